The number of aliphatic hydroxyl groups excluding tert-OH is 1. The van der Waals surface area contributed by atoms with Crippen molar-refractivity contribution in [1.82, 2.24) is 4.98 Å². The summed E-state index contributed by atoms with van der Waals surface area (Å²) in [5, 5.41) is 25.8. The van der Waals surface area contributed by atoms with Crippen molar-refractivity contribution < 1.29 is 29.2 Å². The molecule has 3 N–H and O–H groups in total. The van der Waals surface area contributed by atoms with Gasteiger partial charge in [0, 0.05) is 45.8 Å². The number of fused-ring (bicyclic) bond motifs is 11. The smallest absolute Gasteiger partial charge is 0.195 e. The Bertz CT molecular complexity index is 1790. The van der Waals surface area contributed by atoms with Gasteiger partial charge >= 0.3 is 0 Å². The van der Waals surface area contributed by atoms with E-state index < -0.39 is 40.2 Å². The molecule has 1 spiro atoms. The fourth-order valence-electron chi connectivity index (χ4n) is 11.5. The lowest BCUT2D eigenvalue weighted by molar-refractivity contribution is -0.247. The van der Waals surface area contributed by atoms with Crippen LogP contribution in [0.25, 0.3) is 16.5 Å². The van der Waals surface area contributed by atoms with Crippen LogP contribution in [0.15, 0.2) is 29.4 Å². The zero-order chi connectivity index (χ0) is 31.2. The molecule has 3 fully saturated rings. The van der Waals surface area contributed by atoms with Gasteiger partial charge in [0.1, 0.15) is 11.7 Å². The minimum Gasteiger partial charge on any atom is -0.385 e. The first-order chi connectivity index (χ1) is 20.4. The molecule has 0 radical (unpaired) electrons. The van der Waals surface area contributed by atoms with Crippen LogP contribution >= 0.6 is 0 Å². The number of carbonyl (C=O) groups is 1. The Morgan fingerprint density at radius 1 is 0.977 bits per heavy atom. The zero-order valence-corrected chi connectivity index (χ0v) is 27.2. The minimum atomic E-state index is -1.24. The highest BCUT2D eigenvalue weighted by Crippen LogP contribution is 2.72. The van der Waals surface area contributed by atoms with Crippen molar-refractivity contribution in [2.45, 2.75) is 140 Å². The molecule has 234 valence electrons. The maximum atomic E-state index is 13.3. The van der Waals surface area contributed by atoms with Crippen LogP contribution in [0.2, 0.25) is 0 Å². The highest BCUT2D eigenvalue weighted by atomic mass is 16.8. The monoisotopic (exact) mass is 599 g/mol. The van der Waals surface area contributed by atoms with Crippen molar-refractivity contribution in [3.63, 3.8) is 0 Å². The zero-order valence-electron chi connectivity index (χ0n) is 27.2. The Morgan fingerprint density at radius 2 is 1.73 bits per heavy atom. The molecular formula is C37H45NO6. The Kier molecular flexibility index (Phi) is 4.85. The molecule has 0 unspecified atom stereocenters. The lowest BCUT2D eigenvalue weighted by atomic mass is 9.42. The van der Waals surface area contributed by atoms with Gasteiger partial charge in [0.05, 0.1) is 16.8 Å². The predicted octanol–water partition coefficient (Wildman–Crippen LogP) is 6.10. The summed E-state index contributed by atoms with van der Waals surface area (Å²) < 4.78 is 19.4. The number of nitrogens with one attached hydrogen (secondary N) is 1. The van der Waals surface area contributed by atoms with E-state index in [4.69, 9.17) is 14.2 Å². The van der Waals surface area contributed by atoms with E-state index in [1.54, 1.807) is 6.08 Å². The molecular weight excluding hydrogens is 554 g/mol. The van der Waals surface area contributed by atoms with Crippen molar-refractivity contribution in [2.24, 2.45) is 11.3 Å². The number of hydrogen-bond acceptors (Lipinski definition) is 6. The number of ketones is 1. The van der Waals surface area contributed by atoms with Gasteiger partial charge in [-0.25, -0.2) is 0 Å². The van der Waals surface area contributed by atoms with Crippen LogP contribution in [0.1, 0.15) is 116 Å². The molecule has 44 heavy (non-hydrogen) atoms. The third-order valence-electron chi connectivity index (χ3n) is 13.5. The lowest BCUT2D eigenvalue weighted by Gasteiger charge is -2.65. The van der Waals surface area contributed by atoms with E-state index in [0.29, 0.717) is 24.3 Å². The second kappa shape index (κ2) is 7.63. The van der Waals surface area contributed by atoms with E-state index in [0.717, 1.165) is 47.9 Å². The van der Waals surface area contributed by atoms with Gasteiger partial charge in [-0.2, -0.15) is 0 Å². The summed E-state index contributed by atoms with van der Waals surface area (Å²) in [6.07, 6.45) is 4.76. The van der Waals surface area contributed by atoms with Gasteiger partial charge in [-0.3, -0.25) is 4.79 Å². The molecule has 2 aromatic rings. The van der Waals surface area contributed by atoms with Gasteiger partial charge in [-0.05, 0) is 119 Å². The van der Waals surface area contributed by atoms with Crippen molar-refractivity contribution in [2.75, 3.05) is 0 Å². The van der Waals surface area contributed by atoms with Crippen molar-refractivity contribution in [3.8, 4) is 0 Å². The molecule has 2 bridgehead atoms. The Morgan fingerprint density at radius 3 is 2.48 bits per heavy atom. The van der Waals surface area contributed by atoms with E-state index in [9.17, 15) is 15.0 Å². The molecule has 7 aliphatic rings. The lowest BCUT2D eigenvalue weighted by Crippen LogP contribution is -2.69. The van der Waals surface area contributed by atoms with Crippen LogP contribution in [0.5, 0.6) is 0 Å². The third-order valence-corrected chi connectivity index (χ3v) is 13.5. The van der Waals surface area contributed by atoms with Crippen LogP contribution in [-0.4, -0.2) is 55.3 Å². The van der Waals surface area contributed by atoms with Gasteiger partial charge in [-0.15, -0.1) is 0 Å². The summed E-state index contributed by atoms with van der Waals surface area (Å²) in [7, 11) is 0. The number of benzene rings is 1. The summed E-state index contributed by atoms with van der Waals surface area (Å²) in [6.45, 7) is 16.8. The number of carbonyl (C=O) groups excluding carboxylic acids is 1. The molecule has 1 aromatic carbocycles. The second-order valence-electron chi connectivity index (χ2n) is 17.1. The van der Waals surface area contributed by atoms with Crippen molar-refractivity contribution in [3.05, 3.63) is 51.7 Å². The van der Waals surface area contributed by atoms with E-state index in [-0.39, 0.29) is 16.8 Å². The fourth-order valence-corrected chi connectivity index (χ4v) is 11.5. The molecule has 4 aliphatic carbocycles. The number of ether oxygens (including phenoxy) is 3. The van der Waals surface area contributed by atoms with Crippen molar-refractivity contribution >= 4 is 22.3 Å². The predicted molar refractivity (Wildman–Crippen MR) is 166 cm³/mol. The minimum absolute atomic E-state index is 0.109. The SMILES string of the molecule is CC1(C)CC2=C([C@H](O)c3cc4c5c([nH]c4cc32)[C@@]2(C)[C@@H](CC[C@@]3(O)C4=CC(=O)[C@@H]6O[C@@]4(CC[C@@]32C)OC6(C)C)C5)C(C)(C)O1. The first-order valence-electron chi connectivity index (χ1n) is 16.6. The number of aromatic amines is 1. The molecule has 7 heteroatoms. The average Bonchev–Trinajstić information content (AvgIpc) is 3.57. The number of rotatable bonds is 0. The Labute approximate surface area is 259 Å². The molecule has 7 nitrogen and oxygen atoms in total. The average molecular weight is 600 g/mol. The van der Waals surface area contributed by atoms with E-state index in [1.807, 2.05) is 13.8 Å². The van der Waals surface area contributed by atoms with Gasteiger partial charge in [0.15, 0.2) is 17.7 Å². The summed E-state index contributed by atoms with van der Waals surface area (Å²) in [4.78, 5) is 17.2. The van der Waals surface area contributed by atoms with Gasteiger partial charge < -0.3 is 29.4 Å². The van der Waals surface area contributed by atoms with E-state index in [1.165, 1.54) is 22.2 Å². The van der Waals surface area contributed by atoms with Crippen molar-refractivity contribution in [1.29, 1.82) is 0 Å². The molecule has 2 saturated carbocycles. The van der Waals surface area contributed by atoms with Gasteiger partial charge in [0.2, 0.25) is 0 Å². The maximum Gasteiger partial charge on any atom is 0.195 e. The summed E-state index contributed by atoms with van der Waals surface area (Å²) in [5.41, 5.74) is 4.72. The summed E-state index contributed by atoms with van der Waals surface area (Å²) in [5.74, 6) is -0.809. The first kappa shape index (κ1) is 28.0. The Hall–Kier alpha value is -2.29. The molecule has 4 heterocycles. The fraction of sp³-hybridized carbons (Fsp3) is 0.649. The molecule has 0 amide bonds. The molecule has 1 saturated heterocycles. The quantitative estimate of drug-likeness (QED) is 0.338. The normalized spacial score (nSPS) is 43.6. The van der Waals surface area contributed by atoms with Crippen LogP contribution < -0.4 is 0 Å². The molecule has 7 atom stereocenters. The summed E-state index contributed by atoms with van der Waals surface area (Å²) in [6, 6.07) is 4.48. The summed E-state index contributed by atoms with van der Waals surface area (Å²) >= 11 is 0. The third kappa shape index (κ3) is 2.92. The van der Waals surface area contributed by atoms with Gasteiger partial charge in [-0.1, -0.05) is 13.8 Å². The first-order valence-corrected chi connectivity index (χ1v) is 16.6. The number of aliphatic hydroxyl groups is 2. The highest BCUT2D eigenvalue weighted by molar-refractivity contribution is 5.97. The number of H-pyrrole nitrogens is 1. The molecule has 1 aromatic heterocycles. The van der Waals surface area contributed by atoms with E-state index in [2.05, 4.69) is 58.7 Å². The topological polar surface area (TPSA) is 101 Å². The number of hydrogen-bond donors (Lipinski definition) is 3. The largest absolute Gasteiger partial charge is 0.385 e. The highest BCUT2D eigenvalue weighted by Gasteiger charge is 2.75. The standard InChI is InChI=1S/C37H45NO6/c1-31(2)17-23-19-15-24-20(14-21(19)28(40)27(23)32(3,4)43-31)22-13-18-9-10-36(41)26-16-25(39)30-33(5,6)44-37(26,42-30)12-11-34(36,7)35(18,8)29(22)38-24/h14-16,18,28,30,38,40-41H,9-13,17H2,1-8H3/t18-,28+,30-,34+,35+,36+,37-/m0/s1. The Balaban J connectivity index is 1.19. The van der Waals surface area contributed by atoms with Gasteiger partial charge in [0.25, 0.3) is 0 Å². The van der Waals surface area contributed by atoms with Crippen LogP contribution in [0.4, 0.5) is 0 Å². The van der Waals surface area contributed by atoms with Crippen LogP contribution in [0.3, 0.4) is 0 Å². The second-order valence-corrected chi connectivity index (χ2v) is 17.1. The van der Waals surface area contributed by atoms with Crippen LogP contribution in [0, 0.1) is 11.3 Å². The number of aromatic nitrogens is 1. The molecule has 9 rings (SSSR count). The maximum absolute atomic E-state index is 13.3. The van der Waals surface area contributed by atoms with Crippen LogP contribution in [-0.2, 0) is 30.8 Å². The van der Waals surface area contributed by atoms with E-state index >= 15 is 0 Å². The molecule has 3 aliphatic heterocycles.